The minimum absolute atomic E-state index is 0.178. The van der Waals surface area contributed by atoms with Gasteiger partial charge in [-0.25, -0.2) is 13.1 Å². The summed E-state index contributed by atoms with van der Waals surface area (Å²) < 4.78 is 26.4. The number of Topliss-reactive ketones (excluding diaryl/α,β-unsaturated/α-hetero) is 1. The third kappa shape index (κ3) is 3.91. The van der Waals surface area contributed by atoms with Gasteiger partial charge in [-0.2, -0.15) is 0 Å². The van der Waals surface area contributed by atoms with Gasteiger partial charge in [0.05, 0.1) is 5.25 Å². The van der Waals surface area contributed by atoms with Crippen molar-refractivity contribution in [3.63, 3.8) is 0 Å². The highest BCUT2D eigenvalue weighted by atomic mass is 32.2. The molecular formula is C10H19NO3S. The van der Waals surface area contributed by atoms with Gasteiger partial charge in [-0.1, -0.05) is 0 Å². The maximum Gasteiger partial charge on any atom is 0.214 e. The fourth-order valence-electron chi connectivity index (χ4n) is 1.73. The number of sulfonamides is 1. The number of hydrogen-bond acceptors (Lipinski definition) is 3. The normalized spacial score (nSPS) is 20.6. The minimum Gasteiger partial charge on any atom is -0.300 e. The van der Waals surface area contributed by atoms with Crippen LogP contribution in [0.3, 0.4) is 0 Å². The van der Waals surface area contributed by atoms with E-state index in [1.54, 1.807) is 0 Å². The third-order valence-electron chi connectivity index (χ3n) is 2.38. The molecule has 1 aliphatic carbocycles. The molecule has 1 saturated carbocycles. The largest absolute Gasteiger partial charge is 0.300 e. The Balaban J connectivity index is 2.67. The van der Waals surface area contributed by atoms with Crippen molar-refractivity contribution in [2.24, 2.45) is 0 Å². The van der Waals surface area contributed by atoms with Crippen LogP contribution in [0.25, 0.3) is 0 Å². The van der Waals surface area contributed by atoms with Crippen LogP contribution in [0.15, 0.2) is 0 Å². The van der Waals surface area contributed by atoms with Crippen LogP contribution in [0.5, 0.6) is 0 Å². The van der Waals surface area contributed by atoms with E-state index in [2.05, 4.69) is 4.72 Å². The molecule has 0 aromatic rings. The summed E-state index contributed by atoms with van der Waals surface area (Å²) in [5, 5.41) is -0.394. The Morgan fingerprint density at radius 3 is 2.07 bits per heavy atom. The first-order valence-corrected chi connectivity index (χ1v) is 6.80. The Kier molecular flexibility index (Phi) is 3.55. The predicted molar refractivity (Wildman–Crippen MR) is 59.1 cm³/mol. The third-order valence-corrected chi connectivity index (χ3v) is 4.62. The van der Waals surface area contributed by atoms with Crippen LogP contribution in [-0.2, 0) is 14.8 Å². The van der Waals surface area contributed by atoms with Crippen LogP contribution in [0, 0.1) is 0 Å². The van der Waals surface area contributed by atoms with E-state index in [1.165, 1.54) is 0 Å². The topological polar surface area (TPSA) is 63.2 Å². The van der Waals surface area contributed by atoms with Gasteiger partial charge < -0.3 is 0 Å². The van der Waals surface area contributed by atoms with Gasteiger partial charge in [0.2, 0.25) is 10.0 Å². The molecule has 1 N–H and O–H groups in total. The molecule has 0 radical (unpaired) electrons. The molecule has 4 nitrogen and oxygen atoms in total. The Bertz CT molecular complexity index is 330. The number of rotatable bonds is 2. The van der Waals surface area contributed by atoms with E-state index < -0.39 is 20.8 Å². The molecule has 0 aromatic carbocycles. The highest BCUT2D eigenvalue weighted by molar-refractivity contribution is 7.90. The summed E-state index contributed by atoms with van der Waals surface area (Å²) in [5.74, 6) is 0.178. The molecule has 5 heteroatoms. The van der Waals surface area contributed by atoms with Crippen LogP contribution >= 0.6 is 0 Å². The predicted octanol–water partition coefficient (Wildman–Crippen LogP) is 1.22. The number of carbonyl (C=O) groups is 1. The van der Waals surface area contributed by atoms with E-state index in [1.807, 2.05) is 20.8 Å². The Morgan fingerprint density at radius 2 is 1.67 bits per heavy atom. The summed E-state index contributed by atoms with van der Waals surface area (Å²) in [6.45, 7) is 5.45. The molecule has 0 heterocycles. The lowest BCUT2D eigenvalue weighted by molar-refractivity contribution is -0.120. The van der Waals surface area contributed by atoms with E-state index in [0.717, 1.165) is 0 Å². The van der Waals surface area contributed by atoms with Gasteiger partial charge in [-0.3, -0.25) is 4.79 Å². The second kappa shape index (κ2) is 4.22. The zero-order chi connectivity index (χ0) is 11.7. The first-order chi connectivity index (χ1) is 6.71. The molecule has 0 aliphatic heterocycles. The van der Waals surface area contributed by atoms with E-state index in [9.17, 15) is 13.2 Å². The average Bonchev–Trinajstić information content (AvgIpc) is 2.00. The van der Waals surface area contributed by atoms with Crippen molar-refractivity contribution >= 4 is 15.8 Å². The second-order valence-corrected chi connectivity index (χ2v) is 7.10. The standard InChI is InChI=1S/C10H19NO3S/c1-10(2,3)11-15(13,14)9-6-4-8(12)5-7-9/h9,11H,4-7H2,1-3H3. The van der Waals surface area contributed by atoms with Gasteiger partial charge >= 0.3 is 0 Å². The van der Waals surface area contributed by atoms with E-state index >= 15 is 0 Å². The molecule has 0 saturated heterocycles. The fourth-order valence-corrected chi connectivity index (χ4v) is 3.61. The number of hydrogen-bond donors (Lipinski definition) is 1. The molecule has 0 atom stereocenters. The van der Waals surface area contributed by atoms with Crippen molar-refractivity contribution < 1.29 is 13.2 Å². The van der Waals surface area contributed by atoms with Gasteiger partial charge in [-0.05, 0) is 33.6 Å². The van der Waals surface area contributed by atoms with Crippen LogP contribution in [0.1, 0.15) is 46.5 Å². The molecular weight excluding hydrogens is 214 g/mol. The maximum atomic E-state index is 11.9. The molecule has 1 rings (SSSR count). The van der Waals surface area contributed by atoms with Gasteiger partial charge in [-0.15, -0.1) is 0 Å². The summed E-state index contributed by atoms with van der Waals surface area (Å²) >= 11 is 0. The monoisotopic (exact) mass is 233 g/mol. The highest BCUT2D eigenvalue weighted by Gasteiger charge is 2.32. The zero-order valence-corrected chi connectivity index (χ0v) is 10.4. The Labute approximate surface area is 91.5 Å². The first kappa shape index (κ1) is 12.6. The molecule has 88 valence electrons. The van der Waals surface area contributed by atoms with E-state index in [4.69, 9.17) is 0 Å². The molecule has 0 unspecified atom stereocenters. The molecule has 0 bridgehead atoms. The lowest BCUT2D eigenvalue weighted by atomic mass is 9.99. The fraction of sp³-hybridized carbons (Fsp3) is 0.900. The average molecular weight is 233 g/mol. The summed E-state index contributed by atoms with van der Waals surface area (Å²) in [6.07, 6.45) is 1.72. The summed E-state index contributed by atoms with van der Waals surface area (Å²) in [7, 11) is -3.27. The van der Waals surface area contributed by atoms with Crippen LogP contribution in [-0.4, -0.2) is 25.0 Å². The van der Waals surface area contributed by atoms with Gasteiger partial charge in [0, 0.05) is 18.4 Å². The molecule has 1 fully saturated rings. The van der Waals surface area contributed by atoms with Gasteiger partial charge in [0.1, 0.15) is 5.78 Å². The molecule has 0 amide bonds. The molecule has 0 spiro atoms. The first-order valence-electron chi connectivity index (χ1n) is 5.25. The van der Waals surface area contributed by atoms with E-state index in [-0.39, 0.29) is 5.78 Å². The van der Waals surface area contributed by atoms with Crippen molar-refractivity contribution in [1.82, 2.24) is 4.72 Å². The number of carbonyl (C=O) groups excluding carboxylic acids is 1. The lowest BCUT2D eigenvalue weighted by Crippen LogP contribution is -2.46. The van der Waals surface area contributed by atoms with Gasteiger partial charge in [0.25, 0.3) is 0 Å². The summed E-state index contributed by atoms with van der Waals surface area (Å²) in [5.41, 5.74) is -0.444. The lowest BCUT2D eigenvalue weighted by Gasteiger charge is -2.27. The number of ketones is 1. The number of nitrogens with one attached hydrogen (secondary N) is 1. The molecule has 1 aliphatic rings. The van der Waals surface area contributed by atoms with Crippen molar-refractivity contribution in [1.29, 1.82) is 0 Å². The summed E-state index contributed by atoms with van der Waals surface area (Å²) in [6, 6.07) is 0. The maximum absolute atomic E-state index is 11.9. The molecule has 0 aromatic heterocycles. The quantitative estimate of drug-likeness (QED) is 0.780. The SMILES string of the molecule is CC(C)(C)NS(=O)(=O)C1CCC(=O)CC1. The van der Waals surface area contributed by atoms with Crippen molar-refractivity contribution in [2.45, 2.75) is 57.2 Å². The van der Waals surface area contributed by atoms with Crippen LogP contribution in [0.2, 0.25) is 0 Å². The van der Waals surface area contributed by atoms with Crippen molar-refractivity contribution in [2.75, 3.05) is 0 Å². The minimum atomic E-state index is -3.27. The van der Waals surface area contributed by atoms with Crippen molar-refractivity contribution in [3.8, 4) is 0 Å². The van der Waals surface area contributed by atoms with Gasteiger partial charge in [0.15, 0.2) is 0 Å². The Hall–Kier alpha value is -0.420. The zero-order valence-electron chi connectivity index (χ0n) is 9.54. The van der Waals surface area contributed by atoms with Crippen LogP contribution in [0.4, 0.5) is 0 Å². The molecule has 15 heavy (non-hydrogen) atoms. The second-order valence-electron chi connectivity index (χ2n) is 5.14. The van der Waals surface area contributed by atoms with Crippen LogP contribution < -0.4 is 4.72 Å². The summed E-state index contributed by atoms with van der Waals surface area (Å²) in [4.78, 5) is 11.0. The van der Waals surface area contributed by atoms with Crippen molar-refractivity contribution in [3.05, 3.63) is 0 Å². The highest BCUT2D eigenvalue weighted by Crippen LogP contribution is 2.22. The Morgan fingerprint density at radius 1 is 1.20 bits per heavy atom. The smallest absolute Gasteiger partial charge is 0.214 e. The van der Waals surface area contributed by atoms with E-state index in [0.29, 0.717) is 25.7 Å².